The van der Waals surface area contributed by atoms with Crippen LogP contribution in [0.5, 0.6) is 0 Å². The summed E-state index contributed by atoms with van der Waals surface area (Å²) in [6.07, 6.45) is 1.79. The number of hydrogen-bond donors (Lipinski definition) is 2. The highest BCUT2D eigenvalue weighted by Crippen LogP contribution is 2.21. The van der Waals surface area contributed by atoms with Gasteiger partial charge in [0.25, 0.3) is 0 Å². The molecule has 0 aromatic rings. The molecule has 0 radical (unpaired) electrons. The van der Waals surface area contributed by atoms with Crippen molar-refractivity contribution in [2.24, 2.45) is 0 Å². The average molecular weight is 259 g/mol. The highest BCUT2D eigenvalue weighted by atomic mass is 16.2. The van der Waals surface area contributed by atoms with Crippen LogP contribution in [-0.4, -0.2) is 50.1 Å². The van der Waals surface area contributed by atoms with E-state index in [1.165, 1.54) is 0 Å². The van der Waals surface area contributed by atoms with Crippen molar-refractivity contribution in [3.8, 4) is 0 Å². The van der Waals surface area contributed by atoms with Gasteiger partial charge in [0, 0.05) is 19.6 Å². The van der Waals surface area contributed by atoms with E-state index < -0.39 is 0 Å². The molecule has 0 bridgehead atoms. The second-order valence-electron chi connectivity index (χ2n) is 3.99. The van der Waals surface area contributed by atoms with Crippen LogP contribution in [0.3, 0.4) is 0 Å². The molecule has 1 heterocycles. The first-order chi connectivity index (χ1) is 8.64. The SMILES string of the molecule is CC.CC.CCNC(=O)C1(NC)CCN(C)CC1. The summed E-state index contributed by atoms with van der Waals surface area (Å²) in [5.74, 6) is 0.149. The standard InChI is InChI=1S/C10H21N3O.2C2H6/c1-4-12-9(14)10(11-2)5-7-13(3)8-6-10;2*1-2/h11H,4-8H2,1-3H3,(H,12,14);2*1-2H3. The fraction of sp³-hybridized carbons (Fsp3) is 0.929. The van der Waals surface area contributed by atoms with E-state index in [-0.39, 0.29) is 11.4 Å². The number of likely N-dealkylation sites (N-methyl/N-ethyl adjacent to an activating group) is 2. The van der Waals surface area contributed by atoms with Gasteiger partial charge in [-0.2, -0.15) is 0 Å². The molecule has 4 heteroatoms. The summed E-state index contributed by atoms with van der Waals surface area (Å²) in [4.78, 5) is 14.1. The van der Waals surface area contributed by atoms with E-state index in [1.54, 1.807) is 0 Å². The summed E-state index contributed by atoms with van der Waals surface area (Å²) in [5, 5.41) is 6.09. The quantitative estimate of drug-likeness (QED) is 0.813. The molecule has 110 valence electrons. The Kier molecular flexibility index (Phi) is 12.6. The number of nitrogens with zero attached hydrogens (tertiary/aromatic N) is 1. The molecule has 0 unspecified atom stereocenters. The minimum Gasteiger partial charge on any atom is -0.355 e. The summed E-state index contributed by atoms with van der Waals surface area (Å²) in [6.45, 7) is 12.6. The number of amides is 1. The van der Waals surface area contributed by atoms with E-state index in [2.05, 4.69) is 22.6 Å². The first-order valence-corrected chi connectivity index (χ1v) is 7.30. The molecule has 0 aliphatic carbocycles. The molecule has 18 heavy (non-hydrogen) atoms. The number of nitrogens with one attached hydrogen (secondary N) is 2. The first-order valence-electron chi connectivity index (χ1n) is 7.30. The van der Waals surface area contributed by atoms with E-state index in [4.69, 9.17) is 0 Å². The third-order valence-electron chi connectivity index (χ3n) is 3.09. The third-order valence-corrected chi connectivity index (χ3v) is 3.09. The van der Waals surface area contributed by atoms with Crippen molar-refractivity contribution in [1.82, 2.24) is 15.5 Å². The molecular weight excluding hydrogens is 226 g/mol. The maximum atomic E-state index is 11.9. The van der Waals surface area contributed by atoms with Gasteiger partial charge in [-0.3, -0.25) is 4.79 Å². The van der Waals surface area contributed by atoms with E-state index in [9.17, 15) is 4.79 Å². The van der Waals surface area contributed by atoms with Crippen molar-refractivity contribution in [1.29, 1.82) is 0 Å². The lowest BCUT2D eigenvalue weighted by atomic mass is 9.87. The Hall–Kier alpha value is -0.610. The number of carbonyl (C=O) groups excluding carboxylic acids is 1. The number of piperidine rings is 1. The van der Waals surface area contributed by atoms with E-state index in [1.807, 2.05) is 41.7 Å². The van der Waals surface area contributed by atoms with E-state index in [0.29, 0.717) is 6.54 Å². The Morgan fingerprint density at radius 2 is 1.61 bits per heavy atom. The lowest BCUT2D eigenvalue weighted by Gasteiger charge is -2.39. The Balaban J connectivity index is 0. The lowest BCUT2D eigenvalue weighted by Crippen LogP contribution is -2.60. The molecule has 4 nitrogen and oxygen atoms in total. The first kappa shape index (κ1) is 19.7. The molecule has 0 aromatic carbocycles. The van der Waals surface area contributed by atoms with Gasteiger partial charge < -0.3 is 15.5 Å². The zero-order chi connectivity index (χ0) is 14.6. The highest BCUT2D eigenvalue weighted by molar-refractivity contribution is 5.86. The molecule has 1 rings (SSSR count). The third kappa shape index (κ3) is 5.83. The van der Waals surface area contributed by atoms with Gasteiger partial charge in [-0.1, -0.05) is 27.7 Å². The molecule has 1 amide bonds. The average Bonchev–Trinajstić information content (AvgIpc) is 2.45. The van der Waals surface area contributed by atoms with Crippen LogP contribution in [0.1, 0.15) is 47.5 Å². The van der Waals surface area contributed by atoms with Crippen molar-refractivity contribution in [2.75, 3.05) is 33.7 Å². The van der Waals surface area contributed by atoms with Gasteiger partial charge in [0.05, 0.1) is 0 Å². The van der Waals surface area contributed by atoms with Gasteiger partial charge in [-0.05, 0) is 33.9 Å². The molecule has 0 aromatic heterocycles. The maximum Gasteiger partial charge on any atom is 0.240 e. The Bertz CT molecular complexity index is 199. The summed E-state index contributed by atoms with van der Waals surface area (Å²) >= 11 is 0. The molecule has 1 aliphatic heterocycles. The van der Waals surface area contributed by atoms with Gasteiger partial charge in [0.15, 0.2) is 0 Å². The molecule has 0 saturated carbocycles. The van der Waals surface area contributed by atoms with Gasteiger partial charge >= 0.3 is 0 Å². The Morgan fingerprint density at radius 3 is 1.94 bits per heavy atom. The van der Waals surface area contributed by atoms with Crippen LogP contribution in [0, 0.1) is 0 Å². The molecule has 1 fully saturated rings. The van der Waals surface area contributed by atoms with Crippen LogP contribution < -0.4 is 10.6 Å². The summed E-state index contributed by atoms with van der Waals surface area (Å²) in [6, 6.07) is 0. The molecular formula is C14H33N3O. The summed E-state index contributed by atoms with van der Waals surface area (Å²) in [7, 11) is 3.97. The van der Waals surface area contributed by atoms with Crippen LogP contribution in [0.15, 0.2) is 0 Å². The van der Waals surface area contributed by atoms with Gasteiger partial charge in [-0.25, -0.2) is 0 Å². The van der Waals surface area contributed by atoms with Crippen LogP contribution in [0.4, 0.5) is 0 Å². The minimum atomic E-state index is -0.331. The smallest absolute Gasteiger partial charge is 0.240 e. The second kappa shape index (κ2) is 11.5. The number of carbonyl (C=O) groups is 1. The van der Waals surface area contributed by atoms with Gasteiger partial charge in [0.1, 0.15) is 5.54 Å². The Morgan fingerprint density at radius 1 is 1.17 bits per heavy atom. The lowest BCUT2D eigenvalue weighted by molar-refractivity contribution is -0.129. The number of hydrogen-bond acceptors (Lipinski definition) is 3. The maximum absolute atomic E-state index is 11.9. The molecule has 0 spiro atoms. The van der Waals surface area contributed by atoms with Crippen LogP contribution in [0.25, 0.3) is 0 Å². The predicted molar refractivity (Wildman–Crippen MR) is 79.9 cm³/mol. The van der Waals surface area contributed by atoms with E-state index >= 15 is 0 Å². The largest absolute Gasteiger partial charge is 0.355 e. The number of rotatable bonds is 3. The van der Waals surface area contributed by atoms with Crippen molar-refractivity contribution < 1.29 is 4.79 Å². The van der Waals surface area contributed by atoms with Crippen molar-refractivity contribution in [3.63, 3.8) is 0 Å². The zero-order valence-corrected chi connectivity index (χ0v) is 13.4. The molecule has 1 saturated heterocycles. The molecule has 1 aliphatic rings. The van der Waals surface area contributed by atoms with Gasteiger partial charge in [0.2, 0.25) is 5.91 Å². The topological polar surface area (TPSA) is 44.4 Å². The second-order valence-corrected chi connectivity index (χ2v) is 3.99. The normalized spacial score (nSPS) is 17.7. The van der Waals surface area contributed by atoms with Gasteiger partial charge in [-0.15, -0.1) is 0 Å². The van der Waals surface area contributed by atoms with Crippen molar-refractivity contribution in [3.05, 3.63) is 0 Å². The Labute approximate surface area is 114 Å². The van der Waals surface area contributed by atoms with Crippen molar-refractivity contribution >= 4 is 5.91 Å². The van der Waals surface area contributed by atoms with E-state index in [0.717, 1.165) is 25.9 Å². The van der Waals surface area contributed by atoms with Crippen molar-refractivity contribution in [2.45, 2.75) is 53.0 Å². The van der Waals surface area contributed by atoms with Crippen LogP contribution in [0.2, 0.25) is 0 Å². The fourth-order valence-corrected chi connectivity index (χ4v) is 1.92. The fourth-order valence-electron chi connectivity index (χ4n) is 1.92. The molecule has 2 N–H and O–H groups in total. The monoisotopic (exact) mass is 259 g/mol. The minimum absolute atomic E-state index is 0.149. The number of likely N-dealkylation sites (tertiary alicyclic amines) is 1. The van der Waals surface area contributed by atoms with Crippen LogP contribution >= 0.6 is 0 Å². The predicted octanol–water partition coefficient (Wildman–Crippen LogP) is 1.86. The summed E-state index contributed by atoms with van der Waals surface area (Å²) < 4.78 is 0. The zero-order valence-electron chi connectivity index (χ0n) is 13.4. The summed E-state index contributed by atoms with van der Waals surface area (Å²) in [5.41, 5.74) is -0.331. The molecule has 0 atom stereocenters. The highest BCUT2D eigenvalue weighted by Gasteiger charge is 2.38. The van der Waals surface area contributed by atoms with Crippen LogP contribution in [-0.2, 0) is 4.79 Å².